The fraction of sp³-hybridized carbons (Fsp3) is 0.611. The van der Waals surface area contributed by atoms with Crippen molar-refractivity contribution in [2.75, 3.05) is 7.11 Å². The highest BCUT2D eigenvalue weighted by Gasteiger charge is 2.16. The van der Waals surface area contributed by atoms with Gasteiger partial charge in [0, 0.05) is 0 Å². The Morgan fingerprint density at radius 1 is 1.10 bits per heavy atom. The van der Waals surface area contributed by atoms with E-state index in [9.17, 15) is 4.79 Å². The Morgan fingerprint density at radius 3 is 2.38 bits per heavy atom. The van der Waals surface area contributed by atoms with E-state index in [0.717, 1.165) is 25.2 Å². The van der Waals surface area contributed by atoms with E-state index in [-0.39, 0.29) is 12.1 Å². The van der Waals surface area contributed by atoms with E-state index >= 15 is 0 Å². The van der Waals surface area contributed by atoms with Crippen LogP contribution in [0.5, 0.6) is 5.75 Å². The topological polar surface area (TPSA) is 35.5 Å². The second-order valence-corrected chi connectivity index (χ2v) is 5.43. The number of methoxy groups -OCH3 is 1. The molecule has 1 atom stereocenters. The summed E-state index contributed by atoms with van der Waals surface area (Å²) in [6, 6.07) is 7.11. The minimum atomic E-state index is -0.259. The van der Waals surface area contributed by atoms with Crippen molar-refractivity contribution in [2.45, 2.75) is 59.0 Å². The third kappa shape index (κ3) is 5.78. The molecule has 0 fully saturated rings. The number of carbonyl (C=O) groups is 1. The molecule has 0 heterocycles. The Morgan fingerprint density at radius 2 is 1.81 bits per heavy atom. The highest BCUT2D eigenvalue weighted by Crippen LogP contribution is 2.20. The van der Waals surface area contributed by atoms with Gasteiger partial charge >= 0.3 is 5.97 Å². The fourth-order valence-corrected chi connectivity index (χ4v) is 2.43. The van der Waals surface area contributed by atoms with E-state index in [1.165, 1.54) is 12.8 Å². The van der Waals surface area contributed by atoms with Gasteiger partial charge < -0.3 is 9.47 Å². The normalized spacial score (nSPS) is 12.2. The molecule has 1 aromatic rings. The second-order valence-electron chi connectivity index (χ2n) is 5.43. The summed E-state index contributed by atoms with van der Waals surface area (Å²) in [6.45, 7) is 6.51. The molecule has 1 unspecified atom stereocenters. The van der Waals surface area contributed by atoms with Crippen LogP contribution in [0, 0.1) is 5.92 Å². The Kier molecular flexibility index (Phi) is 7.88. The molecule has 0 aromatic heterocycles. The van der Waals surface area contributed by atoms with Gasteiger partial charge in [-0.25, -0.2) is 4.79 Å². The summed E-state index contributed by atoms with van der Waals surface area (Å²) >= 11 is 0. The molecule has 0 saturated carbocycles. The molecule has 0 radical (unpaired) electrons. The Bertz CT molecular complexity index is 424. The largest absolute Gasteiger partial charge is 0.497 e. The van der Waals surface area contributed by atoms with Crippen LogP contribution in [-0.4, -0.2) is 19.2 Å². The first kappa shape index (κ1) is 17.5. The number of ether oxygens (including phenoxy) is 2. The molecule has 0 bridgehead atoms. The van der Waals surface area contributed by atoms with Crippen molar-refractivity contribution >= 4 is 5.97 Å². The summed E-state index contributed by atoms with van der Waals surface area (Å²) in [6.07, 6.45) is 5.31. The molecule has 21 heavy (non-hydrogen) atoms. The van der Waals surface area contributed by atoms with Crippen LogP contribution in [-0.2, 0) is 4.74 Å². The maximum absolute atomic E-state index is 12.2. The van der Waals surface area contributed by atoms with Gasteiger partial charge in [0.25, 0.3) is 0 Å². The lowest BCUT2D eigenvalue weighted by molar-refractivity contribution is 0.0256. The van der Waals surface area contributed by atoms with Gasteiger partial charge in [-0.15, -0.1) is 0 Å². The molecule has 118 valence electrons. The minimum Gasteiger partial charge on any atom is -0.497 e. The molecule has 0 spiro atoms. The zero-order chi connectivity index (χ0) is 15.7. The van der Waals surface area contributed by atoms with Crippen molar-refractivity contribution in [3.63, 3.8) is 0 Å². The van der Waals surface area contributed by atoms with Crippen LogP contribution in [0.2, 0.25) is 0 Å². The van der Waals surface area contributed by atoms with Crippen LogP contribution >= 0.6 is 0 Å². The third-order valence-corrected chi connectivity index (χ3v) is 4.09. The number of benzene rings is 1. The number of hydrogen-bond acceptors (Lipinski definition) is 3. The average Bonchev–Trinajstić information content (AvgIpc) is 2.54. The van der Waals surface area contributed by atoms with E-state index in [1.807, 2.05) is 6.07 Å². The van der Waals surface area contributed by atoms with Crippen molar-refractivity contribution in [1.29, 1.82) is 0 Å². The lowest BCUT2D eigenvalue weighted by atomic mass is 9.95. The SMILES string of the molecule is CCC(CC)CCC(CC)OC(=O)c1cccc(OC)c1. The van der Waals surface area contributed by atoms with Crippen LogP contribution < -0.4 is 4.74 Å². The smallest absolute Gasteiger partial charge is 0.338 e. The lowest BCUT2D eigenvalue weighted by Gasteiger charge is -2.19. The van der Waals surface area contributed by atoms with Gasteiger partial charge in [-0.1, -0.05) is 39.7 Å². The van der Waals surface area contributed by atoms with Gasteiger partial charge in [0.2, 0.25) is 0 Å². The molecule has 0 aliphatic rings. The predicted molar refractivity (Wildman–Crippen MR) is 85.8 cm³/mol. The number of hydrogen-bond donors (Lipinski definition) is 0. The summed E-state index contributed by atoms with van der Waals surface area (Å²) < 4.78 is 10.8. The molecular formula is C18H28O3. The lowest BCUT2D eigenvalue weighted by Crippen LogP contribution is -2.18. The highest BCUT2D eigenvalue weighted by molar-refractivity contribution is 5.89. The highest BCUT2D eigenvalue weighted by atomic mass is 16.5. The average molecular weight is 292 g/mol. The summed E-state index contributed by atoms with van der Waals surface area (Å²) in [5, 5.41) is 0. The molecule has 1 aromatic carbocycles. The molecule has 0 amide bonds. The Balaban J connectivity index is 2.57. The molecule has 3 heteroatoms. The quantitative estimate of drug-likeness (QED) is 0.610. The van der Waals surface area contributed by atoms with Crippen LogP contribution in [0.25, 0.3) is 0 Å². The van der Waals surface area contributed by atoms with E-state index < -0.39 is 0 Å². The maximum Gasteiger partial charge on any atom is 0.338 e. The van der Waals surface area contributed by atoms with Crippen LogP contribution in [0.3, 0.4) is 0 Å². The van der Waals surface area contributed by atoms with E-state index in [4.69, 9.17) is 9.47 Å². The summed E-state index contributed by atoms with van der Waals surface area (Å²) in [4.78, 5) is 12.2. The fourth-order valence-electron chi connectivity index (χ4n) is 2.43. The van der Waals surface area contributed by atoms with Gasteiger partial charge in [-0.2, -0.15) is 0 Å². The third-order valence-electron chi connectivity index (χ3n) is 4.09. The maximum atomic E-state index is 12.2. The van der Waals surface area contributed by atoms with Gasteiger partial charge in [0.1, 0.15) is 11.9 Å². The monoisotopic (exact) mass is 292 g/mol. The van der Waals surface area contributed by atoms with E-state index in [1.54, 1.807) is 25.3 Å². The first-order valence-electron chi connectivity index (χ1n) is 7.99. The van der Waals surface area contributed by atoms with Crippen molar-refractivity contribution < 1.29 is 14.3 Å². The first-order valence-corrected chi connectivity index (χ1v) is 7.99. The van der Waals surface area contributed by atoms with Gasteiger partial charge in [0.15, 0.2) is 0 Å². The van der Waals surface area contributed by atoms with Gasteiger partial charge in [0.05, 0.1) is 12.7 Å². The standard InChI is InChI=1S/C18H28O3/c1-5-14(6-2)11-12-16(7-3)21-18(19)15-9-8-10-17(13-15)20-4/h8-10,13-14,16H,5-7,11-12H2,1-4H3. The number of esters is 1. The molecule has 0 saturated heterocycles. The molecule has 0 aliphatic heterocycles. The van der Waals surface area contributed by atoms with Crippen molar-refractivity contribution in [3.8, 4) is 5.75 Å². The van der Waals surface area contributed by atoms with E-state index in [2.05, 4.69) is 20.8 Å². The van der Waals surface area contributed by atoms with Crippen molar-refractivity contribution in [1.82, 2.24) is 0 Å². The first-order chi connectivity index (χ1) is 10.1. The van der Waals surface area contributed by atoms with Crippen molar-refractivity contribution in [2.24, 2.45) is 5.92 Å². The zero-order valence-electron chi connectivity index (χ0n) is 13.7. The molecule has 0 aliphatic carbocycles. The molecule has 0 N–H and O–H groups in total. The number of carbonyl (C=O) groups excluding carboxylic acids is 1. The van der Waals surface area contributed by atoms with Crippen molar-refractivity contribution in [3.05, 3.63) is 29.8 Å². The second kappa shape index (κ2) is 9.43. The van der Waals surface area contributed by atoms with Gasteiger partial charge in [-0.05, 0) is 43.4 Å². The number of rotatable bonds is 9. The molecular weight excluding hydrogens is 264 g/mol. The summed E-state index contributed by atoms with van der Waals surface area (Å²) in [5.41, 5.74) is 0.551. The predicted octanol–water partition coefficient (Wildman–Crippen LogP) is 4.85. The summed E-state index contributed by atoms with van der Waals surface area (Å²) in [5.74, 6) is 1.15. The molecule has 3 nitrogen and oxygen atoms in total. The zero-order valence-corrected chi connectivity index (χ0v) is 13.7. The minimum absolute atomic E-state index is 0.00398. The van der Waals surface area contributed by atoms with E-state index in [0.29, 0.717) is 11.3 Å². The van der Waals surface area contributed by atoms with Gasteiger partial charge in [-0.3, -0.25) is 0 Å². The van der Waals surface area contributed by atoms with Crippen LogP contribution in [0.15, 0.2) is 24.3 Å². The Hall–Kier alpha value is -1.51. The van der Waals surface area contributed by atoms with Crippen LogP contribution in [0.4, 0.5) is 0 Å². The Labute approximate surface area is 128 Å². The summed E-state index contributed by atoms with van der Waals surface area (Å²) in [7, 11) is 1.59. The molecule has 1 rings (SSSR count). The van der Waals surface area contributed by atoms with Crippen LogP contribution in [0.1, 0.15) is 63.2 Å².